The van der Waals surface area contributed by atoms with Crippen molar-refractivity contribution in [3.63, 3.8) is 0 Å². The predicted octanol–water partition coefficient (Wildman–Crippen LogP) is 2.47. The lowest BCUT2D eigenvalue weighted by molar-refractivity contribution is 0.140. The second kappa shape index (κ2) is 9.89. The number of hydrogen-bond acceptors (Lipinski definition) is 3. The van der Waals surface area contributed by atoms with Gasteiger partial charge in [-0.3, -0.25) is 4.99 Å². The molecule has 0 bridgehead atoms. The quantitative estimate of drug-likeness (QED) is 0.438. The van der Waals surface area contributed by atoms with Gasteiger partial charge in [0.1, 0.15) is 11.9 Å². The van der Waals surface area contributed by atoms with Crippen molar-refractivity contribution in [2.24, 2.45) is 4.99 Å². The van der Waals surface area contributed by atoms with Gasteiger partial charge in [-0.25, -0.2) is 0 Å². The van der Waals surface area contributed by atoms with Crippen LogP contribution in [0.25, 0.3) is 0 Å². The summed E-state index contributed by atoms with van der Waals surface area (Å²) in [5.41, 5.74) is 2.33. The number of ether oxygens (including phenoxy) is 2. The largest absolute Gasteiger partial charge is 0.488 e. The number of aliphatic imine (C=N–C) groups is 1. The molecule has 1 aromatic rings. The predicted molar refractivity (Wildman–Crippen MR) is 100 cm³/mol. The zero-order valence-corrected chi connectivity index (χ0v) is 15.8. The van der Waals surface area contributed by atoms with E-state index in [0.29, 0.717) is 13.2 Å². The number of benzene rings is 1. The molecule has 0 aromatic heterocycles. The number of guanidine groups is 1. The van der Waals surface area contributed by atoms with Crippen LogP contribution >= 0.6 is 24.0 Å². The molecule has 1 unspecified atom stereocenters. The summed E-state index contributed by atoms with van der Waals surface area (Å²) in [5.74, 6) is 1.73. The van der Waals surface area contributed by atoms with Gasteiger partial charge >= 0.3 is 0 Å². The highest BCUT2D eigenvalue weighted by Crippen LogP contribution is 2.23. The van der Waals surface area contributed by atoms with Crippen LogP contribution in [0.15, 0.2) is 23.2 Å². The van der Waals surface area contributed by atoms with E-state index in [1.54, 1.807) is 7.05 Å². The number of rotatable bonds is 5. The molecule has 1 saturated heterocycles. The molecule has 22 heavy (non-hydrogen) atoms. The third-order valence-electron chi connectivity index (χ3n) is 3.42. The van der Waals surface area contributed by atoms with Crippen LogP contribution in [0.2, 0.25) is 0 Å². The lowest BCUT2D eigenvalue weighted by Crippen LogP contribution is -2.36. The SMILES string of the molecule is CCNC(=NC)NCc1ccc(C)cc1OC1CCOC1.I. The molecule has 0 saturated carbocycles. The second-order valence-corrected chi connectivity index (χ2v) is 5.17. The van der Waals surface area contributed by atoms with Crippen molar-refractivity contribution in [2.75, 3.05) is 26.8 Å². The zero-order chi connectivity index (χ0) is 15.1. The van der Waals surface area contributed by atoms with Crippen molar-refractivity contribution in [2.45, 2.75) is 32.9 Å². The summed E-state index contributed by atoms with van der Waals surface area (Å²) >= 11 is 0. The monoisotopic (exact) mass is 419 g/mol. The Bertz CT molecular complexity index is 488. The molecule has 0 aliphatic carbocycles. The number of aryl methyl sites for hydroxylation is 1. The van der Waals surface area contributed by atoms with Gasteiger partial charge in [0, 0.05) is 32.1 Å². The molecular weight excluding hydrogens is 393 g/mol. The first-order chi connectivity index (χ1) is 10.2. The summed E-state index contributed by atoms with van der Waals surface area (Å²) in [7, 11) is 1.77. The third-order valence-corrected chi connectivity index (χ3v) is 3.42. The summed E-state index contributed by atoms with van der Waals surface area (Å²) in [6.45, 7) is 7.12. The summed E-state index contributed by atoms with van der Waals surface area (Å²) in [5, 5.41) is 6.48. The third kappa shape index (κ3) is 5.64. The minimum atomic E-state index is 0. The first kappa shape index (κ1) is 19.0. The average Bonchev–Trinajstić information content (AvgIpc) is 2.98. The maximum atomic E-state index is 6.09. The zero-order valence-electron chi connectivity index (χ0n) is 13.5. The molecule has 1 aliphatic heterocycles. The molecule has 0 amide bonds. The normalized spacial score (nSPS) is 17.8. The molecule has 1 heterocycles. The van der Waals surface area contributed by atoms with Crippen molar-refractivity contribution >= 4 is 29.9 Å². The fraction of sp³-hybridized carbons (Fsp3) is 0.562. The lowest BCUT2D eigenvalue weighted by Gasteiger charge is -2.17. The Morgan fingerprint density at radius 1 is 1.41 bits per heavy atom. The molecule has 1 aromatic carbocycles. The van der Waals surface area contributed by atoms with Gasteiger partial charge in [-0.2, -0.15) is 0 Å². The van der Waals surface area contributed by atoms with Crippen LogP contribution in [0, 0.1) is 6.92 Å². The van der Waals surface area contributed by atoms with Crippen molar-refractivity contribution in [3.05, 3.63) is 29.3 Å². The number of halogens is 1. The van der Waals surface area contributed by atoms with Crippen molar-refractivity contribution in [1.82, 2.24) is 10.6 Å². The maximum Gasteiger partial charge on any atom is 0.191 e. The van der Waals surface area contributed by atoms with E-state index < -0.39 is 0 Å². The van der Waals surface area contributed by atoms with E-state index in [-0.39, 0.29) is 30.1 Å². The minimum absolute atomic E-state index is 0. The summed E-state index contributed by atoms with van der Waals surface area (Å²) in [4.78, 5) is 4.18. The Labute approximate surface area is 149 Å². The molecule has 6 heteroatoms. The summed E-state index contributed by atoms with van der Waals surface area (Å²) in [6.07, 6.45) is 1.12. The first-order valence-electron chi connectivity index (χ1n) is 7.51. The molecule has 0 spiro atoms. The van der Waals surface area contributed by atoms with Gasteiger partial charge in [-0.05, 0) is 25.5 Å². The molecule has 1 aliphatic rings. The van der Waals surface area contributed by atoms with E-state index in [4.69, 9.17) is 9.47 Å². The molecule has 2 rings (SSSR count). The smallest absolute Gasteiger partial charge is 0.191 e. The van der Waals surface area contributed by atoms with Gasteiger partial charge in [-0.1, -0.05) is 12.1 Å². The number of nitrogens with zero attached hydrogens (tertiary/aromatic N) is 1. The van der Waals surface area contributed by atoms with Crippen molar-refractivity contribution < 1.29 is 9.47 Å². The van der Waals surface area contributed by atoms with Gasteiger partial charge in [0.05, 0.1) is 13.2 Å². The van der Waals surface area contributed by atoms with Crippen molar-refractivity contribution in [3.8, 4) is 5.75 Å². The maximum absolute atomic E-state index is 6.09. The van der Waals surface area contributed by atoms with Crippen LogP contribution in [0.5, 0.6) is 5.75 Å². The topological polar surface area (TPSA) is 54.9 Å². The fourth-order valence-corrected chi connectivity index (χ4v) is 2.27. The number of hydrogen-bond donors (Lipinski definition) is 2. The van der Waals surface area contributed by atoms with Gasteiger partial charge in [0.15, 0.2) is 5.96 Å². The molecular formula is C16H26IN3O2. The molecule has 124 valence electrons. The Balaban J connectivity index is 0.00000242. The molecule has 5 nitrogen and oxygen atoms in total. The van der Waals surface area contributed by atoms with E-state index in [0.717, 1.165) is 36.8 Å². The van der Waals surface area contributed by atoms with E-state index >= 15 is 0 Å². The van der Waals surface area contributed by atoms with Gasteiger partial charge < -0.3 is 20.1 Å². The van der Waals surface area contributed by atoms with Crippen molar-refractivity contribution in [1.29, 1.82) is 0 Å². The van der Waals surface area contributed by atoms with E-state index in [2.05, 4.69) is 40.7 Å². The van der Waals surface area contributed by atoms with E-state index in [9.17, 15) is 0 Å². The highest BCUT2D eigenvalue weighted by Gasteiger charge is 2.18. The van der Waals surface area contributed by atoms with Gasteiger partial charge in [0.2, 0.25) is 0 Å². The van der Waals surface area contributed by atoms with Crippen LogP contribution in [0.1, 0.15) is 24.5 Å². The van der Waals surface area contributed by atoms with Crippen LogP contribution in [-0.2, 0) is 11.3 Å². The highest BCUT2D eigenvalue weighted by atomic mass is 127. The highest BCUT2D eigenvalue weighted by molar-refractivity contribution is 14.0. The van der Waals surface area contributed by atoms with Gasteiger partial charge in [0.25, 0.3) is 0 Å². The summed E-state index contributed by atoms with van der Waals surface area (Å²) in [6, 6.07) is 6.29. The van der Waals surface area contributed by atoms with Crippen LogP contribution in [0.3, 0.4) is 0 Å². The minimum Gasteiger partial charge on any atom is -0.488 e. The second-order valence-electron chi connectivity index (χ2n) is 5.17. The standard InChI is InChI=1S/C16H25N3O2.HI/c1-4-18-16(17-3)19-10-13-6-5-12(2)9-15(13)21-14-7-8-20-11-14;/h5-6,9,14H,4,7-8,10-11H2,1-3H3,(H2,17,18,19);1H. The Kier molecular flexibility index (Phi) is 8.55. The summed E-state index contributed by atoms with van der Waals surface area (Å²) < 4.78 is 11.5. The Morgan fingerprint density at radius 2 is 2.23 bits per heavy atom. The Morgan fingerprint density at radius 3 is 2.86 bits per heavy atom. The molecule has 2 N–H and O–H groups in total. The fourth-order valence-electron chi connectivity index (χ4n) is 2.27. The molecule has 1 atom stereocenters. The average molecular weight is 419 g/mol. The molecule has 0 radical (unpaired) electrons. The van der Waals surface area contributed by atoms with Crippen LogP contribution < -0.4 is 15.4 Å². The van der Waals surface area contributed by atoms with Crippen LogP contribution in [0.4, 0.5) is 0 Å². The number of nitrogens with one attached hydrogen (secondary N) is 2. The van der Waals surface area contributed by atoms with Crippen LogP contribution in [-0.4, -0.2) is 38.9 Å². The molecule has 1 fully saturated rings. The van der Waals surface area contributed by atoms with E-state index in [1.165, 1.54) is 5.56 Å². The Hall–Kier alpha value is -1.02. The van der Waals surface area contributed by atoms with E-state index in [1.807, 2.05) is 6.92 Å². The lowest BCUT2D eigenvalue weighted by atomic mass is 10.1. The van der Waals surface area contributed by atoms with Gasteiger partial charge in [-0.15, -0.1) is 24.0 Å². The first-order valence-corrected chi connectivity index (χ1v) is 7.51.